The summed E-state index contributed by atoms with van der Waals surface area (Å²) in [4.78, 5) is 8.96. The Morgan fingerprint density at radius 2 is 2.10 bits per heavy atom. The molecule has 21 heavy (non-hydrogen) atoms. The van der Waals surface area contributed by atoms with E-state index >= 15 is 0 Å². The van der Waals surface area contributed by atoms with Gasteiger partial charge in [-0.15, -0.1) is 0 Å². The topological polar surface area (TPSA) is 95.8 Å². The zero-order valence-electron chi connectivity index (χ0n) is 12.8. The fraction of sp³-hybridized carbons (Fsp3) is 0.769. The first-order valence-electron chi connectivity index (χ1n) is 7.50. The van der Waals surface area contributed by atoms with Crippen LogP contribution in [0, 0.1) is 0 Å². The van der Waals surface area contributed by atoms with Gasteiger partial charge in [0.05, 0.1) is 12.6 Å². The Hall–Kier alpha value is -1.67. The summed E-state index contributed by atoms with van der Waals surface area (Å²) >= 11 is 0. The monoisotopic (exact) mass is 295 g/mol. The van der Waals surface area contributed by atoms with E-state index in [0.29, 0.717) is 5.84 Å². The van der Waals surface area contributed by atoms with Crippen molar-refractivity contribution in [3.05, 3.63) is 12.2 Å². The molecule has 0 spiro atoms. The maximum absolute atomic E-state index is 8.86. The van der Waals surface area contributed by atoms with Crippen LogP contribution in [-0.2, 0) is 13.1 Å². The molecule has 1 aliphatic heterocycles. The Kier molecular flexibility index (Phi) is 5.51. The second-order valence-corrected chi connectivity index (χ2v) is 5.25. The van der Waals surface area contributed by atoms with E-state index in [2.05, 4.69) is 38.9 Å². The molecule has 1 aromatic heterocycles. The van der Waals surface area contributed by atoms with E-state index in [1.807, 2.05) is 4.68 Å². The molecule has 0 radical (unpaired) electrons. The van der Waals surface area contributed by atoms with Crippen LogP contribution in [0.15, 0.2) is 11.5 Å². The van der Waals surface area contributed by atoms with Crippen LogP contribution in [-0.4, -0.2) is 67.8 Å². The second kappa shape index (κ2) is 7.37. The summed E-state index contributed by atoms with van der Waals surface area (Å²) in [5.74, 6) is 1.31. The molecule has 2 rings (SSSR count). The Bertz CT molecular complexity index is 465. The average Bonchev–Trinajstić information content (AvgIpc) is 2.96. The molecule has 2 heterocycles. The van der Waals surface area contributed by atoms with Crippen molar-refractivity contribution in [3.63, 3.8) is 0 Å². The van der Waals surface area contributed by atoms with Gasteiger partial charge in [0.15, 0.2) is 5.84 Å². The van der Waals surface area contributed by atoms with Gasteiger partial charge in [-0.25, -0.2) is 9.67 Å². The summed E-state index contributed by atoms with van der Waals surface area (Å²) in [6, 6.07) is 0.0245. The van der Waals surface area contributed by atoms with Crippen molar-refractivity contribution in [1.82, 2.24) is 24.6 Å². The molecule has 1 aromatic rings. The standard InChI is InChI=1S/C13H25N7O/c1-3-11(13(14)17-21)19-7-5-18(6-8-19)9-12-15-10-16-20(12)4-2/h10-11,21H,3-9H2,1-2H3,(H2,14,17). The summed E-state index contributed by atoms with van der Waals surface area (Å²) in [7, 11) is 0. The number of nitrogens with zero attached hydrogens (tertiary/aromatic N) is 6. The van der Waals surface area contributed by atoms with Crippen LogP contribution in [0.4, 0.5) is 0 Å². The van der Waals surface area contributed by atoms with Gasteiger partial charge in [-0.3, -0.25) is 9.80 Å². The Labute approximate surface area is 125 Å². The number of rotatable bonds is 6. The third-order valence-electron chi connectivity index (χ3n) is 4.05. The van der Waals surface area contributed by atoms with Crippen molar-refractivity contribution in [2.75, 3.05) is 26.2 Å². The van der Waals surface area contributed by atoms with Crippen molar-refractivity contribution in [2.45, 2.75) is 39.4 Å². The number of nitrogens with two attached hydrogens (primary N) is 1. The fourth-order valence-corrected chi connectivity index (χ4v) is 2.83. The zero-order valence-corrected chi connectivity index (χ0v) is 12.8. The van der Waals surface area contributed by atoms with E-state index < -0.39 is 0 Å². The van der Waals surface area contributed by atoms with E-state index in [0.717, 1.165) is 51.5 Å². The normalized spacial score (nSPS) is 19.8. The summed E-state index contributed by atoms with van der Waals surface area (Å²) in [5.41, 5.74) is 5.76. The lowest BCUT2D eigenvalue weighted by Crippen LogP contribution is -2.53. The number of hydrogen-bond donors (Lipinski definition) is 2. The maximum atomic E-state index is 8.86. The highest BCUT2D eigenvalue weighted by atomic mass is 16.4. The smallest absolute Gasteiger partial charge is 0.156 e. The molecular weight excluding hydrogens is 270 g/mol. The molecule has 0 amide bonds. The number of hydrogen-bond acceptors (Lipinski definition) is 6. The van der Waals surface area contributed by atoms with Gasteiger partial charge in [-0.2, -0.15) is 5.10 Å². The van der Waals surface area contributed by atoms with Crippen LogP contribution in [0.3, 0.4) is 0 Å². The molecule has 3 N–H and O–H groups in total. The van der Waals surface area contributed by atoms with Crippen LogP contribution in [0.5, 0.6) is 0 Å². The molecule has 1 saturated heterocycles. The number of oxime groups is 1. The third-order valence-corrected chi connectivity index (χ3v) is 4.05. The minimum Gasteiger partial charge on any atom is -0.409 e. The molecule has 118 valence electrons. The first-order chi connectivity index (χ1) is 10.2. The van der Waals surface area contributed by atoms with Crippen LogP contribution in [0.25, 0.3) is 0 Å². The molecule has 1 atom stereocenters. The predicted molar refractivity (Wildman–Crippen MR) is 80.0 cm³/mol. The molecule has 0 bridgehead atoms. The van der Waals surface area contributed by atoms with E-state index in [-0.39, 0.29) is 6.04 Å². The van der Waals surface area contributed by atoms with E-state index in [9.17, 15) is 0 Å². The van der Waals surface area contributed by atoms with E-state index in [1.165, 1.54) is 0 Å². The maximum Gasteiger partial charge on any atom is 0.156 e. The van der Waals surface area contributed by atoms with Crippen LogP contribution in [0.2, 0.25) is 0 Å². The quantitative estimate of drug-likeness (QED) is 0.330. The summed E-state index contributed by atoms with van der Waals surface area (Å²) in [5, 5.41) is 16.2. The molecular formula is C13H25N7O. The highest BCUT2D eigenvalue weighted by molar-refractivity contribution is 5.85. The highest BCUT2D eigenvalue weighted by Crippen LogP contribution is 2.11. The second-order valence-electron chi connectivity index (χ2n) is 5.25. The van der Waals surface area contributed by atoms with Crippen LogP contribution >= 0.6 is 0 Å². The minimum atomic E-state index is 0.0245. The van der Waals surface area contributed by atoms with Crippen LogP contribution in [0.1, 0.15) is 26.1 Å². The summed E-state index contributed by atoms with van der Waals surface area (Å²) in [6.07, 6.45) is 2.46. The molecule has 1 aliphatic rings. The van der Waals surface area contributed by atoms with Gasteiger partial charge in [0.2, 0.25) is 0 Å². The first kappa shape index (κ1) is 15.7. The molecule has 1 fully saturated rings. The number of piperazine rings is 1. The van der Waals surface area contributed by atoms with Gasteiger partial charge in [-0.05, 0) is 13.3 Å². The van der Waals surface area contributed by atoms with E-state index in [1.54, 1.807) is 6.33 Å². The molecule has 0 saturated carbocycles. The van der Waals surface area contributed by atoms with E-state index in [4.69, 9.17) is 10.9 Å². The number of aromatic nitrogens is 3. The SMILES string of the molecule is CCC(C(N)=NO)N1CCN(Cc2ncnn2CC)CC1. The third kappa shape index (κ3) is 3.70. The molecule has 8 nitrogen and oxygen atoms in total. The van der Waals surface area contributed by atoms with Gasteiger partial charge < -0.3 is 10.9 Å². The van der Waals surface area contributed by atoms with Gasteiger partial charge in [0.25, 0.3) is 0 Å². The molecule has 0 aromatic carbocycles. The van der Waals surface area contributed by atoms with Crippen molar-refractivity contribution < 1.29 is 5.21 Å². The Morgan fingerprint density at radius 3 is 2.67 bits per heavy atom. The van der Waals surface area contributed by atoms with Gasteiger partial charge in [-0.1, -0.05) is 12.1 Å². The number of aryl methyl sites for hydroxylation is 1. The zero-order chi connectivity index (χ0) is 15.2. The van der Waals surface area contributed by atoms with Crippen LogP contribution < -0.4 is 5.73 Å². The van der Waals surface area contributed by atoms with Crippen molar-refractivity contribution >= 4 is 5.84 Å². The van der Waals surface area contributed by atoms with Crippen molar-refractivity contribution in [2.24, 2.45) is 10.9 Å². The first-order valence-corrected chi connectivity index (χ1v) is 7.50. The lowest BCUT2D eigenvalue weighted by molar-refractivity contribution is 0.107. The fourth-order valence-electron chi connectivity index (χ4n) is 2.83. The van der Waals surface area contributed by atoms with Gasteiger partial charge in [0, 0.05) is 32.7 Å². The van der Waals surface area contributed by atoms with Crippen molar-refractivity contribution in [3.8, 4) is 0 Å². The average molecular weight is 295 g/mol. The molecule has 8 heteroatoms. The highest BCUT2D eigenvalue weighted by Gasteiger charge is 2.26. The Morgan fingerprint density at radius 1 is 1.38 bits per heavy atom. The lowest BCUT2D eigenvalue weighted by atomic mass is 10.1. The molecule has 1 unspecified atom stereocenters. The van der Waals surface area contributed by atoms with Crippen molar-refractivity contribution in [1.29, 1.82) is 0 Å². The summed E-state index contributed by atoms with van der Waals surface area (Å²) < 4.78 is 1.93. The molecule has 0 aliphatic carbocycles. The van der Waals surface area contributed by atoms with Gasteiger partial charge in [0.1, 0.15) is 12.2 Å². The summed E-state index contributed by atoms with van der Waals surface area (Å²) in [6.45, 7) is 9.51. The minimum absolute atomic E-state index is 0.0245. The number of amidine groups is 1. The largest absolute Gasteiger partial charge is 0.409 e. The predicted octanol–water partition coefficient (Wildman–Crippen LogP) is -0.0594. The lowest BCUT2D eigenvalue weighted by Gasteiger charge is -2.38. The Balaban J connectivity index is 1.88. The van der Waals surface area contributed by atoms with Gasteiger partial charge >= 0.3 is 0 Å².